The van der Waals surface area contributed by atoms with E-state index in [2.05, 4.69) is 10.3 Å². The average Bonchev–Trinajstić information content (AvgIpc) is 3.01. The van der Waals surface area contributed by atoms with Gasteiger partial charge in [-0.2, -0.15) is 0 Å². The average molecular weight is 383 g/mol. The van der Waals surface area contributed by atoms with E-state index in [1.807, 2.05) is 12.1 Å². The fourth-order valence-corrected chi connectivity index (χ4v) is 4.63. The number of phenolic OH excluding ortho intramolecular Hbond substituents is 1. The molecule has 1 aromatic carbocycles. The van der Waals surface area contributed by atoms with Crippen molar-refractivity contribution in [2.45, 2.75) is 63.3 Å². The number of nitrogens with two attached hydrogens (primary N) is 1. The van der Waals surface area contributed by atoms with Gasteiger partial charge in [0.05, 0.1) is 5.69 Å². The molecule has 1 aliphatic carbocycles. The van der Waals surface area contributed by atoms with E-state index in [0.717, 1.165) is 25.9 Å². The third-order valence-corrected chi connectivity index (χ3v) is 6.24. The number of hydrogen-bond acceptors (Lipinski definition) is 5. The summed E-state index contributed by atoms with van der Waals surface area (Å²) in [5.74, 6) is 0.686. The lowest BCUT2D eigenvalue weighted by Crippen LogP contribution is -2.37. The molecule has 1 saturated carbocycles. The van der Waals surface area contributed by atoms with Gasteiger partial charge >= 0.3 is 0 Å². The molecule has 0 amide bonds. The highest BCUT2D eigenvalue weighted by Gasteiger charge is 2.21. The predicted molar refractivity (Wildman–Crippen MR) is 112 cm³/mol. The largest absolute Gasteiger partial charge is 0.507 e. The number of benzene rings is 1. The Morgan fingerprint density at radius 2 is 1.89 bits per heavy atom. The third kappa shape index (κ3) is 3.92. The quantitative estimate of drug-likeness (QED) is 0.706. The van der Waals surface area contributed by atoms with Crippen molar-refractivity contribution in [3.63, 3.8) is 0 Å². The molecular formula is C22H30N4O2. The summed E-state index contributed by atoms with van der Waals surface area (Å²) in [6, 6.07) is 5.89. The first-order valence-electron chi connectivity index (χ1n) is 10.6. The fraction of sp³-hybridized carbons (Fsp3) is 0.545. The van der Waals surface area contributed by atoms with Gasteiger partial charge in [-0.1, -0.05) is 31.7 Å². The van der Waals surface area contributed by atoms with Crippen LogP contribution in [-0.4, -0.2) is 27.7 Å². The molecule has 0 spiro atoms. The molecule has 1 saturated heterocycles. The first-order chi connectivity index (χ1) is 13.6. The first-order valence-corrected chi connectivity index (χ1v) is 10.6. The van der Waals surface area contributed by atoms with E-state index in [1.165, 1.54) is 44.1 Å². The molecule has 6 heteroatoms. The predicted octanol–water partition coefficient (Wildman–Crippen LogP) is 3.56. The van der Waals surface area contributed by atoms with Gasteiger partial charge in [0, 0.05) is 24.3 Å². The standard InChI is InChI=1S/C22H30N4O2/c23-21-22(28)26(17-8-5-11-24-13-17)14-19(25-21)18-12-16(9-10-20(18)27)15-6-3-1-2-4-7-15/h9-10,12,14-15,17,24,27H,1-8,11,13H2,(H2,23,25). The first kappa shape index (κ1) is 19.0. The Balaban J connectivity index is 1.72. The van der Waals surface area contributed by atoms with Crippen LogP contribution in [0.5, 0.6) is 5.75 Å². The summed E-state index contributed by atoms with van der Waals surface area (Å²) in [5.41, 5.74) is 8.18. The van der Waals surface area contributed by atoms with Gasteiger partial charge in [0.25, 0.3) is 5.56 Å². The number of nitrogen functional groups attached to an aromatic ring is 1. The third-order valence-electron chi connectivity index (χ3n) is 6.24. The van der Waals surface area contributed by atoms with Crippen LogP contribution in [0.1, 0.15) is 68.9 Å². The number of aromatic hydroxyl groups is 1. The lowest BCUT2D eigenvalue weighted by molar-refractivity contribution is 0.364. The summed E-state index contributed by atoms with van der Waals surface area (Å²) in [5, 5.41) is 13.9. The summed E-state index contributed by atoms with van der Waals surface area (Å²) in [6.07, 6.45) is 11.2. The van der Waals surface area contributed by atoms with Crippen molar-refractivity contribution in [3.8, 4) is 17.0 Å². The zero-order valence-corrected chi connectivity index (χ0v) is 16.4. The minimum Gasteiger partial charge on any atom is -0.507 e. The van der Waals surface area contributed by atoms with E-state index in [0.29, 0.717) is 17.2 Å². The van der Waals surface area contributed by atoms with Crippen LogP contribution in [0.25, 0.3) is 11.3 Å². The number of phenols is 1. The van der Waals surface area contributed by atoms with Crippen LogP contribution < -0.4 is 16.6 Å². The van der Waals surface area contributed by atoms with Gasteiger partial charge in [0.1, 0.15) is 5.75 Å². The number of aromatic nitrogens is 2. The van der Waals surface area contributed by atoms with E-state index in [4.69, 9.17) is 5.73 Å². The van der Waals surface area contributed by atoms with Gasteiger partial charge in [-0.15, -0.1) is 0 Å². The molecule has 28 heavy (non-hydrogen) atoms. The van der Waals surface area contributed by atoms with Crippen molar-refractivity contribution in [1.82, 2.24) is 14.9 Å². The van der Waals surface area contributed by atoms with Crippen LogP contribution >= 0.6 is 0 Å². The molecule has 4 N–H and O–H groups in total. The van der Waals surface area contributed by atoms with Crippen LogP contribution in [0.15, 0.2) is 29.2 Å². The van der Waals surface area contributed by atoms with Crippen molar-refractivity contribution in [2.24, 2.45) is 0 Å². The molecule has 1 aliphatic heterocycles. The van der Waals surface area contributed by atoms with E-state index < -0.39 is 0 Å². The molecular weight excluding hydrogens is 352 g/mol. The maximum atomic E-state index is 12.6. The maximum Gasteiger partial charge on any atom is 0.293 e. The monoisotopic (exact) mass is 382 g/mol. The Kier molecular flexibility index (Phi) is 5.67. The molecule has 2 fully saturated rings. The second-order valence-electron chi connectivity index (χ2n) is 8.19. The van der Waals surface area contributed by atoms with Crippen LogP contribution in [0.4, 0.5) is 5.82 Å². The molecule has 2 aromatic rings. The summed E-state index contributed by atoms with van der Waals surface area (Å²) < 4.78 is 1.70. The van der Waals surface area contributed by atoms with Gasteiger partial charge in [0.2, 0.25) is 0 Å². The number of nitrogens with one attached hydrogen (secondary N) is 1. The van der Waals surface area contributed by atoms with Crippen LogP contribution in [0.2, 0.25) is 0 Å². The van der Waals surface area contributed by atoms with Gasteiger partial charge in [-0.3, -0.25) is 4.79 Å². The van der Waals surface area contributed by atoms with E-state index >= 15 is 0 Å². The number of anilines is 1. The Hall–Kier alpha value is -2.34. The number of hydrogen-bond donors (Lipinski definition) is 3. The highest BCUT2D eigenvalue weighted by Crippen LogP contribution is 2.36. The molecule has 150 valence electrons. The minimum atomic E-state index is -0.253. The molecule has 4 rings (SSSR count). The molecule has 1 atom stereocenters. The molecule has 2 heterocycles. The van der Waals surface area contributed by atoms with Gasteiger partial charge in [-0.25, -0.2) is 4.98 Å². The highest BCUT2D eigenvalue weighted by molar-refractivity contribution is 5.68. The Morgan fingerprint density at radius 1 is 1.11 bits per heavy atom. The SMILES string of the molecule is Nc1nc(-c2cc(C3CCCCCC3)ccc2O)cn(C2CCCNC2)c1=O. The molecule has 1 unspecified atom stereocenters. The summed E-state index contributed by atoms with van der Waals surface area (Å²) in [6.45, 7) is 1.72. The molecule has 1 aromatic heterocycles. The van der Waals surface area contributed by atoms with Gasteiger partial charge in [-0.05, 0) is 55.8 Å². The van der Waals surface area contributed by atoms with Crippen molar-refractivity contribution in [1.29, 1.82) is 0 Å². The van der Waals surface area contributed by atoms with Crippen molar-refractivity contribution in [3.05, 3.63) is 40.3 Å². The molecule has 0 radical (unpaired) electrons. The van der Waals surface area contributed by atoms with Gasteiger partial charge in [0.15, 0.2) is 5.82 Å². The Morgan fingerprint density at radius 3 is 2.61 bits per heavy atom. The fourth-order valence-electron chi connectivity index (χ4n) is 4.63. The van der Waals surface area contributed by atoms with Crippen molar-refractivity contribution < 1.29 is 5.11 Å². The smallest absolute Gasteiger partial charge is 0.293 e. The topological polar surface area (TPSA) is 93.2 Å². The summed E-state index contributed by atoms with van der Waals surface area (Å²) >= 11 is 0. The molecule has 0 bridgehead atoms. The van der Waals surface area contributed by atoms with E-state index in [9.17, 15) is 9.90 Å². The zero-order valence-electron chi connectivity index (χ0n) is 16.4. The lowest BCUT2D eigenvalue weighted by atomic mass is 9.90. The maximum absolute atomic E-state index is 12.6. The molecule has 6 nitrogen and oxygen atoms in total. The summed E-state index contributed by atoms with van der Waals surface area (Å²) in [7, 11) is 0. The van der Waals surface area contributed by atoms with Crippen molar-refractivity contribution >= 4 is 5.82 Å². The van der Waals surface area contributed by atoms with Crippen LogP contribution in [-0.2, 0) is 0 Å². The number of nitrogens with zero attached hydrogens (tertiary/aromatic N) is 2. The minimum absolute atomic E-state index is 0.0117. The Labute approximate surface area is 165 Å². The number of rotatable bonds is 3. The zero-order chi connectivity index (χ0) is 19.5. The van der Waals surface area contributed by atoms with Crippen LogP contribution in [0.3, 0.4) is 0 Å². The number of piperidine rings is 1. The second kappa shape index (κ2) is 8.35. The Bertz CT molecular complexity index is 879. The van der Waals surface area contributed by atoms with Gasteiger partial charge < -0.3 is 20.7 Å². The van der Waals surface area contributed by atoms with E-state index in [1.54, 1.807) is 16.8 Å². The van der Waals surface area contributed by atoms with Crippen LogP contribution in [0, 0.1) is 0 Å². The lowest BCUT2D eigenvalue weighted by Gasteiger charge is -2.25. The second-order valence-corrected chi connectivity index (χ2v) is 8.19. The normalized spacial score (nSPS) is 21.4. The molecule has 2 aliphatic rings. The van der Waals surface area contributed by atoms with Crippen molar-refractivity contribution in [2.75, 3.05) is 18.8 Å². The van der Waals surface area contributed by atoms with E-state index in [-0.39, 0.29) is 23.2 Å². The summed E-state index contributed by atoms with van der Waals surface area (Å²) in [4.78, 5) is 16.9. The highest BCUT2D eigenvalue weighted by atomic mass is 16.3.